The van der Waals surface area contributed by atoms with Crippen molar-refractivity contribution in [2.75, 3.05) is 11.9 Å². The number of urea groups is 1. The van der Waals surface area contributed by atoms with Crippen LogP contribution in [0, 0.1) is 0 Å². The lowest BCUT2D eigenvalue weighted by atomic mass is 9.99. The lowest BCUT2D eigenvalue weighted by Crippen LogP contribution is -2.41. The molecular formula is C15H13ClN4O4. The molecule has 0 saturated carbocycles. The number of pyridine rings is 1. The Morgan fingerprint density at radius 3 is 2.83 bits per heavy atom. The number of nitrogens with one attached hydrogen (secondary N) is 2. The number of aromatic nitrogens is 1. The van der Waals surface area contributed by atoms with E-state index in [0.717, 1.165) is 4.90 Å². The summed E-state index contributed by atoms with van der Waals surface area (Å²) in [5.41, 5.74) is -1.33. The van der Waals surface area contributed by atoms with E-state index in [0.29, 0.717) is 10.8 Å². The summed E-state index contributed by atoms with van der Waals surface area (Å²) in [4.78, 5) is 41.4. The number of nitrogens with zero attached hydrogens (tertiary/aromatic N) is 2. The zero-order valence-corrected chi connectivity index (χ0v) is 13.3. The number of imide groups is 1. The number of amides is 4. The van der Waals surface area contributed by atoms with Crippen LogP contribution in [0.1, 0.15) is 12.7 Å². The minimum absolute atomic E-state index is 0.269. The molecule has 0 spiro atoms. The van der Waals surface area contributed by atoms with Crippen LogP contribution in [-0.2, 0) is 15.1 Å². The number of carbonyl (C=O) groups is 3. The molecule has 1 aliphatic heterocycles. The molecular weight excluding hydrogens is 336 g/mol. The van der Waals surface area contributed by atoms with Gasteiger partial charge < -0.3 is 15.1 Å². The van der Waals surface area contributed by atoms with Crippen molar-refractivity contribution in [2.45, 2.75) is 12.5 Å². The van der Waals surface area contributed by atoms with Gasteiger partial charge in [0.15, 0.2) is 5.54 Å². The molecule has 1 saturated heterocycles. The summed E-state index contributed by atoms with van der Waals surface area (Å²) in [5.74, 6) is -0.563. The maximum Gasteiger partial charge on any atom is 0.325 e. The van der Waals surface area contributed by atoms with Crippen molar-refractivity contribution >= 4 is 35.3 Å². The molecule has 9 heteroatoms. The molecule has 8 nitrogen and oxygen atoms in total. The maximum atomic E-state index is 12.5. The first kappa shape index (κ1) is 16.0. The van der Waals surface area contributed by atoms with Crippen LogP contribution in [0.4, 0.5) is 10.6 Å². The molecule has 0 bridgehead atoms. The van der Waals surface area contributed by atoms with Gasteiger partial charge in [-0.2, -0.15) is 0 Å². The first-order chi connectivity index (χ1) is 11.4. The van der Waals surface area contributed by atoms with Gasteiger partial charge in [0.05, 0.1) is 11.3 Å². The number of halogens is 1. The van der Waals surface area contributed by atoms with Gasteiger partial charge in [0, 0.05) is 6.20 Å². The average molecular weight is 349 g/mol. The third kappa shape index (κ3) is 2.83. The molecule has 24 heavy (non-hydrogen) atoms. The fraction of sp³-hybridized carbons (Fsp3) is 0.200. The number of anilines is 1. The molecule has 1 fully saturated rings. The van der Waals surface area contributed by atoms with Crippen molar-refractivity contribution in [2.24, 2.45) is 0 Å². The van der Waals surface area contributed by atoms with E-state index < -0.39 is 29.9 Å². The van der Waals surface area contributed by atoms with Gasteiger partial charge in [0.1, 0.15) is 18.1 Å². The molecule has 2 aromatic heterocycles. The lowest BCUT2D eigenvalue weighted by Gasteiger charge is -2.18. The first-order valence-corrected chi connectivity index (χ1v) is 7.37. The second-order valence-corrected chi connectivity index (χ2v) is 5.77. The first-order valence-electron chi connectivity index (χ1n) is 6.99. The van der Waals surface area contributed by atoms with Gasteiger partial charge in [0.25, 0.3) is 5.91 Å². The Balaban J connectivity index is 1.71. The highest BCUT2D eigenvalue weighted by Gasteiger charge is 2.51. The van der Waals surface area contributed by atoms with E-state index in [1.165, 1.54) is 25.5 Å². The molecule has 0 radical (unpaired) electrons. The van der Waals surface area contributed by atoms with Crippen molar-refractivity contribution < 1.29 is 18.8 Å². The number of hydrogen-bond donors (Lipinski definition) is 2. The Labute approximate surface area is 141 Å². The van der Waals surface area contributed by atoms with Crippen LogP contribution in [0.25, 0.3) is 0 Å². The monoisotopic (exact) mass is 348 g/mol. The predicted octanol–water partition coefficient (Wildman–Crippen LogP) is 1.73. The molecule has 4 amide bonds. The quantitative estimate of drug-likeness (QED) is 0.819. The Bertz CT molecular complexity index is 790. The van der Waals surface area contributed by atoms with E-state index in [4.69, 9.17) is 16.0 Å². The van der Waals surface area contributed by atoms with Crippen molar-refractivity contribution in [3.8, 4) is 0 Å². The zero-order valence-electron chi connectivity index (χ0n) is 12.6. The summed E-state index contributed by atoms with van der Waals surface area (Å²) in [7, 11) is 0. The summed E-state index contributed by atoms with van der Waals surface area (Å²) in [6.45, 7) is 1.08. The Morgan fingerprint density at radius 1 is 1.42 bits per heavy atom. The lowest BCUT2D eigenvalue weighted by molar-refractivity contribution is -0.134. The minimum Gasteiger partial charge on any atom is -0.466 e. The number of rotatable bonds is 4. The van der Waals surface area contributed by atoms with Crippen LogP contribution in [0.2, 0.25) is 5.02 Å². The van der Waals surface area contributed by atoms with Gasteiger partial charge in [-0.1, -0.05) is 11.6 Å². The summed E-state index contributed by atoms with van der Waals surface area (Å²) in [6.07, 6.45) is 2.78. The maximum absolute atomic E-state index is 12.5. The molecule has 0 aliphatic carbocycles. The number of carbonyl (C=O) groups excluding carboxylic acids is 3. The van der Waals surface area contributed by atoms with Gasteiger partial charge in [-0.05, 0) is 31.2 Å². The van der Waals surface area contributed by atoms with E-state index in [1.807, 2.05) is 0 Å². The topological polar surface area (TPSA) is 105 Å². The summed E-state index contributed by atoms with van der Waals surface area (Å²) >= 11 is 5.71. The third-order valence-electron chi connectivity index (χ3n) is 3.59. The van der Waals surface area contributed by atoms with E-state index in [9.17, 15) is 14.4 Å². The molecule has 124 valence electrons. The normalized spacial score (nSPS) is 20.2. The SMILES string of the molecule is CC1(c2ccco2)NC(=O)N(CC(=O)Nc2ccc(Cl)cn2)C1=O. The van der Waals surface area contributed by atoms with Crippen molar-refractivity contribution in [3.05, 3.63) is 47.5 Å². The summed E-state index contributed by atoms with van der Waals surface area (Å²) < 4.78 is 5.21. The van der Waals surface area contributed by atoms with E-state index in [1.54, 1.807) is 18.2 Å². The highest BCUT2D eigenvalue weighted by Crippen LogP contribution is 2.28. The molecule has 0 aromatic carbocycles. The standard InChI is InChI=1S/C15H13ClN4O4/c1-15(10-3-2-6-24-10)13(22)20(14(23)19-15)8-12(21)18-11-5-4-9(16)7-17-11/h2-7H,8H2,1H3,(H,19,23)(H,17,18,21). The molecule has 1 unspecified atom stereocenters. The van der Waals surface area contributed by atoms with Gasteiger partial charge in [-0.15, -0.1) is 0 Å². The second kappa shape index (κ2) is 5.97. The van der Waals surface area contributed by atoms with Gasteiger partial charge in [0.2, 0.25) is 5.91 Å². The molecule has 2 aromatic rings. The highest BCUT2D eigenvalue weighted by molar-refractivity contribution is 6.30. The molecule has 1 aliphatic rings. The summed E-state index contributed by atoms with van der Waals surface area (Å²) in [5, 5.41) is 5.46. The Morgan fingerprint density at radius 2 is 2.21 bits per heavy atom. The van der Waals surface area contributed by atoms with E-state index >= 15 is 0 Å². The average Bonchev–Trinajstić information content (AvgIpc) is 3.14. The van der Waals surface area contributed by atoms with Crippen molar-refractivity contribution in [3.63, 3.8) is 0 Å². The number of hydrogen-bond acceptors (Lipinski definition) is 5. The minimum atomic E-state index is -1.33. The highest BCUT2D eigenvalue weighted by atomic mass is 35.5. The molecule has 2 N–H and O–H groups in total. The van der Waals surface area contributed by atoms with Crippen LogP contribution in [0.3, 0.4) is 0 Å². The Kier molecular flexibility index (Phi) is 3.98. The van der Waals surface area contributed by atoms with Crippen LogP contribution in [-0.4, -0.2) is 34.3 Å². The van der Waals surface area contributed by atoms with Crippen LogP contribution in [0.5, 0.6) is 0 Å². The smallest absolute Gasteiger partial charge is 0.325 e. The van der Waals surface area contributed by atoms with Crippen LogP contribution >= 0.6 is 11.6 Å². The second-order valence-electron chi connectivity index (χ2n) is 5.33. The van der Waals surface area contributed by atoms with Crippen molar-refractivity contribution in [1.82, 2.24) is 15.2 Å². The van der Waals surface area contributed by atoms with Gasteiger partial charge in [-0.25, -0.2) is 9.78 Å². The predicted molar refractivity (Wildman–Crippen MR) is 84.2 cm³/mol. The molecule has 1 atom stereocenters. The van der Waals surface area contributed by atoms with Gasteiger partial charge in [-0.3, -0.25) is 14.5 Å². The summed E-state index contributed by atoms with van der Waals surface area (Å²) in [6, 6.07) is 5.60. The molecule has 3 rings (SSSR count). The third-order valence-corrected chi connectivity index (χ3v) is 3.81. The van der Waals surface area contributed by atoms with Crippen molar-refractivity contribution in [1.29, 1.82) is 0 Å². The van der Waals surface area contributed by atoms with Crippen LogP contribution < -0.4 is 10.6 Å². The Hall–Kier alpha value is -2.87. The zero-order chi connectivity index (χ0) is 17.3. The van der Waals surface area contributed by atoms with Gasteiger partial charge >= 0.3 is 6.03 Å². The fourth-order valence-electron chi connectivity index (χ4n) is 2.35. The van der Waals surface area contributed by atoms with E-state index in [-0.39, 0.29) is 5.82 Å². The fourth-order valence-corrected chi connectivity index (χ4v) is 2.46. The molecule has 3 heterocycles. The largest absolute Gasteiger partial charge is 0.466 e. The van der Waals surface area contributed by atoms with Crippen LogP contribution in [0.15, 0.2) is 41.1 Å². The number of furan rings is 1. The van der Waals surface area contributed by atoms with E-state index in [2.05, 4.69) is 15.6 Å².